The van der Waals surface area contributed by atoms with Gasteiger partial charge in [-0.3, -0.25) is 4.79 Å². The molecule has 1 atom stereocenters. The monoisotopic (exact) mass is 518 g/mol. The second-order valence-corrected chi connectivity index (χ2v) is 10.5. The minimum absolute atomic E-state index is 0.0415. The van der Waals surface area contributed by atoms with Crippen LogP contribution in [0.4, 0.5) is 5.69 Å². The molecule has 1 aliphatic heterocycles. The van der Waals surface area contributed by atoms with Crippen LogP contribution in [0.3, 0.4) is 0 Å². The number of carbonyl (C=O) groups excluding carboxylic acids is 1. The Morgan fingerprint density at radius 1 is 1.00 bits per heavy atom. The molecule has 0 N–H and O–H groups in total. The first kappa shape index (κ1) is 26.1. The molecule has 3 aromatic rings. The van der Waals surface area contributed by atoms with E-state index in [0.717, 1.165) is 57.2 Å². The Kier molecular flexibility index (Phi) is 8.15. The average molecular weight is 519 g/mol. The summed E-state index contributed by atoms with van der Waals surface area (Å²) in [5, 5.41) is 4.22. The van der Waals surface area contributed by atoms with E-state index in [-0.39, 0.29) is 17.9 Å². The fraction of sp³-hybridized carbons (Fsp3) is 0.500. The molecule has 2 fully saturated rings. The number of hydrogen-bond donors (Lipinski definition) is 0. The van der Waals surface area contributed by atoms with Gasteiger partial charge in [-0.25, -0.2) is 0 Å². The van der Waals surface area contributed by atoms with Crippen LogP contribution < -0.4 is 14.4 Å². The summed E-state index contributed by atoms with van der Waals surface area (Å²) in [5.74, 6) is 2.34. The van der Waals surface area contributed by atoms with Gasteiger partial charge in [-0.05, 0) is 62.9 Å². The molecule has 8 nitrogen and oxygen atoms in total. The summed E-state index contributed by atoms with van der Waals surface area (Å²) < 4.78 is 16.4. The van der Waals surface area contributed by atoms with Crippen molar-refractivity contribution in [2.45, 2.75) is 64.5 Å². The predicted molar refractivity (Wildman–Crippen MR) is 146 cm³/mol. The molecule has 0 radical (unpaired) electrons. The van der Waals surface area contributed by atoms with E-state index >= 15 is 0 Å². The second kappa shape index (κ2) is 11.9. The molecule has 2 heterocycles. The van der Waals surface area contributed by atoms with E-state index in [4.69, 9.17) is 14.0 Å². The van der Waals surface area contributed by atoms with Crippen molar-refractivity contribution in [3.05, 3.63) is 53.9 Å². The minimum Gasteiger partial charge on any atom is -0.493 e. The quantitative estimate of drug-likeness (QED) is 0.382. The molecule has 2 aromatic carbocycles. The van der Waals surface area contributed by atoms with Crippen molar-refractivity contribution in [3.63, 3.8) is 0 Å². The van der Waals surface area contributed by atoms with Crippen molar-refractivity contribution in [1.29, 1.82) is 0 Å². The molecule has 2 aliphatic rings. The average Bonchev–Trinajstić information content (AvgIpc) is 3.45. The third kappa shape index (κ3) is 5.79. The fourth-order valence-corrected chi connectivity index (χ4v) is 5.74. The van der Waals surface area contributed by atoms with Gasteiger partial charge in [0.1, 0.15) is 6.54 Å². The lowest BCUT2D eigenvalue weighted by Crippen LogP contribution is -2.48. The maximum atomic E-state index is 14.0. The third-order valence-corrected chi connectivity index (χ3v) is 7.88. The van der Waals surface area contributed by atoms with Crippen molar-refractivity contribution in [1.82, 2.24) is 15.0 Å². The molecule has 8 heteroatoms. The van der Waals surface area contributed by atoms with Gasteiger partial charge in [0.15, 0.2) is 11.5 Å². The minimum atomic E-state index is -0.0415. The van der Waals surface area contributed by atoms with Crippen LogP contribution in [-0.2, 0) is 11.3 Å². The summed E-state index contributed by atoms with van der Waals surface area (Å²) in [4.78, 5) is 23.1. The molecular weight excluding hydrogens is 480 g/mol. The molecule has 38 heavy (non-hydrogen) atoms. The van der Waals surface area contributed by atoms with Gasteiger partial charge >= 0.3 is 0 Å². The predicted octanol–water partition coefficient (Wildman–Crippen LogP) is 5.64. The fourth-order valence-electron chi connectivity index (χ4n) is 5.74. The maximum absolute atomic E-state index is 14.0. The van der Waals surface area contributed by atoms with Gasteiger partial charge in [0.05, 0.1) is 20.1 Å². The highest BCUT2D eigenvalue weighted by Crippen LogP contribution is 2.32. The van der Waals surface area contributed by atoms with Crippen LogP contribution in [-0.4, -0.2) is 54.3 Å². The number of hydrogen-bond acceptors (Lipinski definition) is 7. The zero-order valence-corrected chi connectivity index (χ0v) is 22.7. The van der Waals surface area contributed by atoms with E-state index < -0.39 is 0 Å². The lowest BCUT2D eigenvalue weighted by Gasteiger charge is -2.39. The Bertz CT molecular complexity index is 1220. The van der Waals surface area contributed by atoms with Crippen molar-refractivity contribution in [2.75, 3.05) is 32.2 Å². The summed E-state index contributed by atoms with van der Waals surface area (Å²) in [6.45, 7) is 4.16. The molecule has 5 rings (SSSR count). The summed E-state index contributed by atoms with van der Waals surface area (Å²) >= 11 is 0. The first-order chi connectivity index (χ1) is 18.6. The molecule has 1 aliphatic carbocycles. The zero-order valence-electron chi connectivity index (χ0n) is 22.7. The Morgan fingerprint density at radius 2 is 1.76 bits per heavy atom. The third-order valence-electron chi connectivity index (χ3n) is 7.88. The molecular formula is C30H38N4O4. The van der Waals surface area contributed by atoms with E-state index in [1.807, 2.05) is 23.1 Å². The van der Waals surface area contributed by atoms with Gasteiger partial charge in [0.2, 0.25) is 17.6 Å². The molecule has 0 bridgehead atoms. The summed E-state index contributed by atoms with van der Waals surface area (Å²) in [6.07, 6.45) is 7.49. The summed E-state index contributed by atoms with van der Waals surface area (Å²) in [7, 11) is 3.20. The van der Waals surface area contributed by atoms with Crippen molar-refractivity contribution in [3.8, 4) is 22.9 Å². The van der Waals surface area contributed by atoms with Gasteiger partial charge in [0.25, 0.3) is 0 Å². The lowest BCUT2D eigenvalue weighted by molar-refractivity contribution is -0.140. The Morgan fingerprint density at radius 3 is 2.50 bits per heavy atom. The molecule has 1 saturated heterocycles. The first-order valence-corrected chi connectivity index (χ1v) is 13.7. The molecule has 1 aromatic heterocycles. The van der Waals surface area contributed by atoms with Gasteiger partial charge < -0.3 is 23.8 Å². The Balaban J connectivity index is 1.34. The van der Waals surface area contributed by atoms with Crippen molar-refractivity contribution in [2.24, 2.45) is 5.92 Å². The molecule has 1 saturated carbocycles. The van der Waals surface area contributed by atoms with E-state index in [1.165, 1.54) is 17.7 Å². The first-order valence-electron chi connectivity index (χ1n) is 13.7. The van der Waals surface area contributed by atoms with Crippen LogP contribution in [0.1, 0.15) is 56.4 Å². The van der Waals surface area contributed by atoms with Crippen LogP contribution >= 0.6 is 0 Å². The topological polar surface area (TPSA) is 80.9 Å². The van der Waals surface area contributed by atoms with Crippen LogP contribution in [0, 0.1) is 12.8 Å². The Labute approximate surface area is 224 Å². The van der Waals surface area contributed by atoms with Gasteiger partial charge in [0, 0.05) is 30.4 Å². The number of ether oxygens (including phenoxy) is 2. The van der Waals surface area contributed by atoms with Crippen LogP contribution in [0.25, 0.3) is 11.4 Å². The van der Waals surface area contributed by atoms with Gasteiger partial charge in [-0.2, -0.15) is 4.98 Å². The number of methoxy groups -OCH3 is 2. The summed E-state index contributed by atoms with van der Waals surface area (Å²) in [5.41, 5.74) is 3.21. The lowest BCUT2D eigenvalue weighted by atomic mass is 9.91. The zero-order chi connectivity index (χ0) is 26.5. The number of anilines is 1. The number of benzene rings is 2. The van der Waals surface area contributed by atoms with Crippen LogP contribution in [0.5, 0.6) is 11.5 Å². The van der Waals surface area contributed by atoms with Crippen LogP contribution in [0.2, 0.25) is 0 Å². The number of amides is 1. The maximum Gasteiger partial charge on any atom is 0.246 e. The normalized spacial score (nSPS) is 18.3. The smallest absolute Gasteiger partial charge is 0.246 e. The highest BCUT2D eigenvalue weighted by atomic mass is 16.5. The van der Waals surface area contributed by atoms with Crippen molar-refractivity contribution < 1.29 is 18.8 Å². The Hall–Kier alpha value is -3.55. The number of piperidine rings is 1. The van der Waals surface area contributed by atoms with Crippen molar-refractivity contribution >= 4 is 11.6 Å². The molecule has 0 spiro atoms. The molecule has 1 amide bonds. The number of carbonyl (C=O) groups is 1. The number of aryl methyl sites for hydroxylation is 1. The molecule has 202 valence electrons. The van der Waals surface area contributed by atoms with E-state index in [2.05, 4.69) is 46.2 Å². The van der Waals surface area contributed by atoms with E-state index in [0.29, 0.717) is 29.8 Å². The number of rotatable bonds is 8. The molecule has 0 unspecified atom stereocenters. The van der Waals surface area contributed by atoms with E-state index in [1.54, 1.807) is 14.2 Å². The van der Waals surface area contributed by atoms with E-state index in [9.17, 15) is 4.79 Å². The standard InChI is InChI=1S/C30H38N4O4/c1-21-11-14-24(15-12-21)33-17-7-8-23(19-33)30(35)34(25-9-5-4-6-10-25)20-28-31-29(32-38-28)22-13-16-26(36-2)27(18-22)37-3/h11-16,18,23,25H,4-10,17,19-20H2,1-3H3/t23-/m0/s1. The number of nitrogens with zero attached hydrogens (tertiary/aromatic N) is 4. The SMILES string of the molecule is COc1ccc(-c2noc(CN(C(=O)[C@H]3CCCN(c4ccc(C)cc4)C3)C3CCCCC3)n2)cc1OC. The van der Waals surface area contributed by atoms with Crippen LogP contribution in [0.15, 0.2) is 47.0 Å². The highest BCUT2D eigenvalue weighted by molar-refractivity contribution is 5.80. The van der Waals surface area contributed by atoms with Gasteiger partial charge in [-0.1, -0.05) is 42.1 Å². The highest BCUT2D eigenvalue weighted by Gasteiger charge is 2.34. The number of aromatic nitrogens is 2. The largest absolute Gasteiger partial charge is 0.493 e. The van der Waals surface area contributed by atoms with Gasteiger partial charge in [-0.15, -0.1) is 0 Å². The second-order valence-electron chi connectivity index (χ2n) is 10.5. The summed E-state index contributed by atoms with van der Waals surface area (Å²) in [6, 6.07) is 14.3.